The molecule has 0 radical (unpaired) electrons. The van der Waals surface area contributed by atoms with Gasteiger partial charge in [0.25, 0.3) is 0 Å². The maximum absolute atomic E-state index is 12.2. The molecule has 0 saturated heterocycles. The van der Waals surface area contributed by atoms with E-state index in [1.165, 1.54) is 6.07 Å². The van der Waals surface area contributed by atoms with E-state index in [1.807, 2.05) is 36.2 Å². The number of aliphatic imine (C=N–C) groups is 1. The third-order valence-corrected chi connectivity index (χ3v) is 6.87. The van der Waals surface area contributed by atoms with Gasteiger partial charge in [-0.05, 0) is 18.2 Å². The van der Waals surface area contributed by atoms with Crippen LogP contribution in [-0.4, -0.2) is 53.6 Å². The smallest absolute Gasteiger partial charge is 0.250 e. The van der Waals surface area contributed by atoms with E-state index in [0.717, 1.165) is 22.6 Å². The molecule has 2 aromatic rings. The van der Waals surface area contributed by atoms with Gasteiger partial charge in [0.1, 0.15) is 9.96 Å². The fraction of sp³-hybridized carbons (Fsp3) is 0.353. The van der Waals surface area contributed by atoms with Gasteiger partial charge in [-0.25, -0.2) is 13.1 Å². The number of hydrogen-bond donors (Lipinski definition) is 2. The summed E-state index contributed by atoms with van der Waals surface area (Å²) in [7, 11) is 1.67. The van der Waals surface area contributed by atoms with Gasteiger partial charge in [0.15, 0.2) is 5.96 Å². The molecule has 0 aliphatic carbocycles. The van der Waals surface area contributed by atoms with Crippen LogP contribution in [0.5, 0.6) is 5.75 Å². The van der Waals surface area contributed by atoms with Gasteiger partial charge in [-0.2, -0.15) is 0 Å². The lowest BCUT2D eigenvalue weighted by Crippen LogP contribution is -2.42. The van der Waals surface area contributed by atoms with Crippen LogP contribution >= 0.6 is 22.9 Å². The van der Waals surface area contributed by atoms with Crippen LogP contribution in [0.2, 0.25) is 4.34 Å². The minimum absolute atomic E-state index is 0.199. The summed E-state index contributed by atoms with van der Waals surface area (Å²) in [6.45, 7) is 1.21. The fourth-order valence-corrected chi connectivity index (χ4v) is 4.98. The van der Waals surface area contributed by atoms with E-state index in [0.29, 0.717) is 23.4 Å². The number of thiophene rings is 1. The molecule has 0 amide bonds. The lowest BCUT2D eigenvalue weighted by atomic mass is 10.2. The summed E-state index contributed by atoms with van der Waals surface area (Å²) in [4.78, 5) is 6.17. The number of hydrogen-bond acceptors (Lipinski definition) is 5. The Morgan fingerprint density at radius 1 is 1.26 bits per heavy atom. The van der Waals surface area contributed by atoms with E-state index in [9.17, 15) is 8.42 Å². The summed E-state index contributed by atoms with van der Waals surface area (Å²) < 4.78 is 32.9. The molecule has 1 heterocycles. The first-order chi connectivity index (χ1) is 12.9. The number of nitrogens with zero attached hydrogens (tertiary/aromatic N) is 2. The summed E-state index contributed by atoms with van der Waals surface area (Å²) in [6.07, 6.45) is 0. The van der Waals surface area contributed by atoms with Gasteiger partial charge in [0.05, 0.1) is 11.4 Å². The third kappa shape index (κ3) is 6.10. The molecule has 2 rings (SSSR count). The summed E-state index contributed by atoms with van der Waals surface area (Å²) in [6, 6.07) is 10.8. The van der Waals surface area contributed by atoms with Crippen LogP contribution in [0.25, 0.3) is 0 Å². The molecular formula is C17H23ClN4O3S2. The monoisotopic (exact) mass is 430 g/mol. The van der Waals surface area contributed by atoms with Crippen molar-refractivity contribution >= 4 is 38.9 Å². The molecule has 148 valence electrons. The van der Waals surface area contributed by atoms with Crippen molar-refractivity contribution in [2.75, 3.05) is 34.3 Å². The average molecular weight is 431 g/mol. The highest BCUT2D eigenvalue weighted by Gasteiger charge is 2.16. The first-order valence-electron chi connectivity index (χ1n) is 8.16. The topological polar surface area (TPSA) is 83.0 Å². The highest BCUT2D eigenvalue weighted by molar-refractivity contribution is 7.91. The van der Waals surface area contributed by atoms with Crippen LogP contribution in [0.15, 0.2) is 45.6 Å². The van der Waals surface area contributed by atoms with Gasteiger partial charge in [-0.15, -0.1) is 11.3 Å². The van der Waals surface area contributed by atoms with Crippen LogP contribution in [0, 0.1) is 0 Å². The third-order valence-electron chi connectivity index (χ3n) is 3.69. The van der Waals surface area contributed by atoms with Crippen molar-refractivity contribution in [1.29, 1.82) is 0 Å². The number of methoxy groups -OCH3 is 1. The van der Waals surface area contributed by atoms with E-state index < -0.39 is 10.0 Å². The molecule has 0 unspecified atom stereocenters. The molecule has 0 saturated carbocycles. The molecular weight excluding hydrogens is 408 g/mol. The first-order valence-corrected chi connectivity index (χ1v) is 10.8. The maximum Gasteiger partial charge on any atom is 0.250 e. The van der Waals surface area contributed by atoms with Crippen molar-refractivity contribution in [1.82, 2.24) is 14.9 Å². The molecule has 1 aromatic heterocycles. The van der Waals surface area contributed by atoms with Crippen molar-refractivity contribution in [3.63, 3.8) is 0 Å². The molecule has 2 N–H and O–H groups in total. The van der Waals surface area contributed by atoms with Crippen LogP contribution in [-0.2, 0) is 16.6 Å². The molecule has 0 aliphatic rings. The minimum Gasteiger partial charge on any atom is -0.496 e. The summed E-state index contributed by atoms with van der Waals surface area (Å²) in [5.41, 5.74) is 1.03. The standard InChI is InChI=1S/C17H23ClN4O3S2/c1-19-17(22(2)12-13-6-4-5-7-14(13)25-3)20-10-11-21-27(23,24)16-9-8-15(18)26-16/h4-9,21H,10-12H2,1-3H3,(H,19,20). The van der Waals surface area contributed by atoms with Gasteiger partial charge in [-0.3, -0.25) is 4.99 Å². The van der Waals surface area contributed by atoms with E-state index in [4.69, 9.17) is 16.3 Å². The predicted octanol–water partition coefficient (Wildman–Crippen LogP) is 2.40. The molecule has 0 fully saturated rings. The van der Waals surface area contributed by atoms with E-state index in [2.05, 4.69) is 15.0 Å². The van der Waals surface area contributed by atoms with Crippen molar-refractivity contribution in [3.8, 4) is 5.75 Å². The Balaban J connectivity index is 1.86. The second-order valence-electron chi connectivity index (χ2n) is 5.60. The summed E-state index contributed by atoms with van der Waals surface area (Å²) in [5.74, 6) is 1.46. The molecule has 1 aromatic carbocycles. The van der Waals surface area contributed by atoms with E-state index >= 15 is 0 Å². The Kier molecular flexibility index (Phi) is 7.91. The number of nitrogens with one attached hydrogen (secondary N) is 2. The number of guanidine groups is 1. The Morgan fingerprint density at radius 3 is 2.63 bits per heavy atom. The lowest BCUT2D eigenvalue weighted by Gasteiger charge is -2.23. The van der Waals surface area contributed by atoms with Gasteiger partial charge in [-0.1, -0.05) is 29.8 Å². The number of ether oxygens (including phenoxy) is 1. The van der Waals surface area contributed by atoms with Crippen molar-refractivity contribution in [3.05, 3.63) is 46.3 Å². The fourth-order valence-electron chi connectivity index (χ4n) is 2.42. The SMILES string of the molecule is CN=C(NCCNS(=O)(=O)c1ccc(Cl)s1)N(C)Cc1ccccc1OC. The molecule has 0 bridgehead atoms. The average Bonchev–Trinajstić information content (AvgIpc) is 3.09. The summed E-state index contributed by atoms with van der Waals surface area (Å²) >= 11 is 6.82. The van der Waals surface area contributed by atoms with Gasteiger partial charge >= 0.3 is 0 Å². The summed E-state index contributed by atoms with van der Waals surface area (Å²) in [5, 5.41) is 3.14. The van der Waals surface area contributed by atoms with Crippen LogP contribution < -0.4 is 14.8 Å². The molecule has 7 nitrogen and oxygen atoms in total. The Morgan fingerprint density at radius 2 is 2.00 bits per heavy atom. The number of halogens is 1. The zero-order valence-electron chi connectivity index (χ0n) is 15.4. The van der Waals surface area contributed by atoms with Gasteiger partial charge in [0, 0.05) is 39.3 Å². The first kappa shape index (κ1) is 21.5. The Labute approximate surface area is 169 Å². The molecule has 0 atom stereocenters. The maximum atomic E-state index is 12.2. The molecule has 0 aliphatic heterocycles. The Hall–Kier alpha value is -1.81. The normalized spacial score (nSPS) is 12.1. The predicted molar refractivity (Wildman–Crippen MR) is 110 cm³/mol. The van der Waals surface area contributed by atoms with Crippen molar-refractivity contribution in [2.45, 2.75) is 10.8 Å². The number of sulfonamides is 1. The van der Waals surface area contributed by atoms with Gasteiger partial charge < -0.3 is 15.0 Å². The highest BCUT2D eigenvalue weighted by Crippen LogP contribution is 2.25. The van der Waals surface area contributed by atoms with Crippen molar-refractivity contribution in [2.24, 2.45) is 4.99 Å². The number of benzene rings is 1. The zero-order valence-corrected chi connectivity index (χ0v) is 17.8. The largest absolute Gasteiger partial charge is 0.496 e. The van der Waals surface area contributed by atoms with Gasteiger partial charge in [0.2, 0.25) is 10.0 Å². The highest BCUT2D eigenvalue weighted by atomic mass is 35.5. The van der Waals surface area contributed by atoms with Crippen molar-refractivity contribution < 1.29 is 13.2 Å². The molecule has 10 heteroatoms. The molecule has 0 spiro atoms. The van der Waals surface area contributed by atoms with Crippen LogP contribution in [0.4, 0.5) is 0 Å². The number of para-hydroxylation sites is 1. The van der Waals surface area contributed by atoms with E-state index in [1.54, 1.807) is 20.2 Å². The Bertz CT molecular complexity index is 884. The molecule has 27 heavy (non-hydrogen) atoms. The second-order valence-corrected chi connectivity index (χ2v) is 9.31. The quantitative estimate of drug-likeness (QED) is 0.381. The zero-order chi connectivity index (χ0) is 19.9. The van der Waals surface area contributed by atoms with Crippen LogP contribution in [0.1, 0.15) is 5.56 Å². The van der Waals surface area contributed by atoms with E-state index in [-0.39, 0.29) is 10.8 Å². The lowest BCUT2D eigenvalue weighted by molar-refractivity contribution is 0.396. The number of rotatable bonds is 8. The second kappa shape index (κ2) is 9.93. The minimum atomic E-state index is -3.55. The van der Waals surface area contributed by atoms with Crippen LogP contribution in [0.3, 0.4) is 0 Å².